The summed E-state index contributed by atoms with van der Waals surface area (Å²) in [5, 5.41) is 8.55. The minimum Gasteiger partial charge on any atom is -0.369 e. The number of halogens is 1. The highest BCUT2D eigenvalue weighted by Crippen LogP contribution is 2.18. The van der Waals surface area contributed by atoms with Gasteiger partial charge >= 0.3 is 0 Å². The zero-order valence-corrected chi connectivity index (χ0v) is 16.9. The number of tetrazole rings is 1. The Labute approximate surface area is 168 Å². The molecule has 2 heterocycles. The first kappa shape index (κ1) is 18.8. The van der Waals surface area contributed by atoms with E-state index >= 15 is 0 Å². The number of benzene rings is 2. The minimum atomic E-state index is -0.205. The van der Waals surface area contributed by atoms with Gasteiger partial charge in [0.15, 0.2) is 0 Å². The molecular formula is C20H23FN6S. The van der Waals surface area contributed by atoms with Crippen molar-refractivity contribution in [2.75, 3.05) is 31.1 Å². The maximum atomic E-state index is 13.1. The topological polar surface area (TPSA) is 42.1 Å². The van der Waals surface area contributed by atoms with Crippen LogP contribution in [0.3, 0.4) is 0 Å². The molecular weight excluding hydrogens is 375 g/mol. The lowest BCUT2D eigenvalue weighted by molar-refractivity contribution is 0.193. The molecule has 1 aromatic heterocycles. The van der Waals surface area contributed by atoms with E-state index < -0.39 is 0 Å². The van der Waals surface area contributed by atoms with Gasteiger partial charge in [0, 0.05) is 31.9 Å². The number of rotatable bonds is 4. The van der Waals surface area contributed by atoms with Gasteiger partial charge in [-0.3, -0.25) is 4.90 Å². The van der Waals surface area contributed by atoms with Crippen LogP contribution < -0.4 is 4.90 Å². The molecule has 0 atom stereocenters. The second kappa shape index (κ2) is 7.81. The lowest BCUT2D eigenvalue weighted by Gasteiger charge is -2.35. The van der Waals surface area contributed by atoms with Gasteiger partial charge in [0.05, 0.1) is 12.4 Å². The molecule has 1 fully saturated rings. The zero-order valence-electron chi connectivity index (χ0n) is 16.0. The van der Waals surface area contributed by atoms with E-state index in [1.54, 1.807) is 9.36 Å². The molecule has 0 N–H and O–H groups in total. The van der Waals surface area contributed by atoms with Gasteiger partial charge in [-0.2, -0.15) is 4.68 Å². The minimum absolute atomic E-state index is 0.205. The van der Waals surface area contributed by atoms with Crippen LogP contribution in [0.25, 0.3) is 5.69 Å². The zero-order chi connectivity index (χ0) is 19.7. The average Bonchev–Trinajstić information content (AvgIpc) is 3.06. The molecule has 0 radical (unpaired) electrons. The van der Waals surface area contributed by atoms with E-state index in [4.69, 9.17) is 12.2 Å². The van der Waals surface area contributed by atoms with Gasteiger partial charge in [-0.15, -0.1) is 0 Å². The Bertz CT molecular complexity index is 1020. The molecule has 8 heteroatoms. The third-order valence-electron chi connectivity index (χ3n) is 5.34. The summed E-state index contributed by atoms with van der Waals surface area (Å²) in [6.45, 7) is 8.29. The van der Waals surface area contributed by atoms with Crippen molar-refractivity contribution in [3.05, 3.63) is 64.2 Å². The van der Waals surface area contributed by atoms with Gasteiger partial charge in [-0.1, -0.05) is 12.1 Å². The molecule has 3 aromatic rings. The number of hydrogen-bond acceptors (Lipinski definition) is 5. The number of aromatic nitrogens is 4. The summed E-state index contributed by atoms with van der Waals surface area (Å²) in [5.74, 6) is -0.205. The second-order valence-electron chi connectivity index (χ2n) is 7.11. The predicted molar refractivity (Wildman–Crippen MR) is 110 cm³/mol. The third kappa shape index (κ3) is 3.70. The molecule has 4 rings (SSSR count). The smallest absolute Gasteiger partial charge is 0.221 e. The predicted octanol–water partition coefficient (Wildman–Crippen LogP) is 3.33. The van der Waals surface area contributed by atoms with Gasteiger partial charge in [0.25, 0.3) is 0 Å². The van der Waals surface area contributed by atoms with Crippen LogP contribution in [0.5, 0.6) is 0 Å². The van der Waals surface area contributed by atoms with E-state index in [2.05, 4.69) is 40.1 Å². The fourth-order valence-corrected chi connectivity index (χ4v) is 3.70. The SMILES string of the molecule is Cc1cccc(-n2nnn(CN3CCN(c4ccc(F)cc4)CC3)c2=S)c1C. The van der Waals surface area contributed by atoms with Crippen LogP contribution in [0.15, 0.2) is 42.5 Å². The molecule has 0 spiro atoms. The summed E-state index contributed by atoms with van der Waals surface area (Å²) in [6, 6.07) is 12.8. The van der Waals surface area contributed by atoms with E-state index in [1.165, 1.54) is 17.7 Å². The van der Waals surface area contributed by atoms with E-state index in [9.17, 15) is 4.39 Å². The summed E-state index contributed by atoms with van der Waals surface area (Å²) in [6.07, 6.45) is 0. The Hall–Kier alpha value is -2.58. The van der Waals surface area contributed by atoms with E-state index in [0.717, 1.165) is 43.1 Å². The normalized spacial score (nSPS) is 15.2. The summed E-state index contributed by atoms with van der Waals surface area (Å²) in [7, 11) is 0. The largest absolute Gasteiger partial charge is 0.369 e. The molecule has 1 aliphatic rings. The fourth-order valence-electron chi connectivity index (χ4n) is 3.47. The maximum absolute atomic E-state index is 13.1. The van der Waals surface area contributed by atoms with Crippen LogP contribution >= 0.6 is 12.2 Å². The molecule has 6 nitrogen and oxygen atoms in total. The van der Waals surface area contributed by atoms with Gasteiger partial charge in [0.1, 0.15) is 5.82 Å². The van der Waals surface area contributed by atoms with Crippen LogP contribution in [0.4, 0.5) is 10.1 Å². The molecule has 146 valence electrons. The van der Waals surface area contributed by atoms with Crippen molar-refractivity contribution in [1.82, 2.24) is 24.7 Å². The molecule has 28 heavy (non-hydrogen) atoms. The summed E-state index contributed by atoms with van der Waals surface area (Å²) < 4.78 is 17.2. The summed E-state index contributed by atoms with van der Waals surface area (Å²) in [5.41, 5.74) is 4.38. The first-order valence-electron chi connectivity index (χ1n) is 9.35. The summed E-state index contributed by atoms with van der Waals surface area (Å²) in [4.78, 5) is 4.57. The van der Waals surface area contributed by atoms with Gasteiger partial charge in [-0.05, 0) is 78.0 Å². The van der Waals surface area contributed by atoms with Crippen molar-refractivity contribution in [3.63, 3.8) is 0 Å². The number of hydrogen-bond donors (Lipinski definition) is 0. The Morgan fingerprint density at radius 3 is 2.39 bits per heavy atom. The summed E-state index contributed by atoms with van der Waals surface area (Å²) >= 11 is 5.62. The highest BCUT2D eigenvalue weighted by Gasteiger charge is 2.19. The van der Waals surface area contributed by atoms with E-state index in [1.807, 2.05) is 24.3 Å². The molecule has 0 saturated carbocycles. The van der Waals surface area contributed by atoms with Crippen molar-refractivity contribution >= 4 is 17.9 Å². The Morgan fingerprint density at radius 1 is 0.964 bits per heavy atom. The number of piperazine rings is 1. The highest BCUT2D eigenvalue weighted by molar-refractivity contribution is 7.71. The Morgan fingerprint density at radius 2 is 1.68 bits per heavy atom. The number of anilines is 1. The standard InChI is InChI=1S/C20H23FN6S/c1-15-4-3-5-19(16(15)2)27-20(28)26(22-23-27)14-24-10-12-25(13-11-24)18-8-6-17(21)7-9-18/h3-9H,10-14H2,1-2H3. The van der Waals surface area contributed by atoms with Crippen LogP contribution in [0, 0.1) is 24.4 Å². The molecule has 2 aromatic carbocycles. The molecule has 0 amide bonds. The van der Waals surface area contributed by atoms with Crippen LogP contribution in [-0.4, -0.2) is 50.9 Å². The van der Waals surface area contributed by atoms with Gasteiger partial charge < -0.3 is 4.90 Å². The maximum Gasteiger partial charge on any atom is 0.221 e. The van der Waals surface area contributed by atoms with Crippen molar-refractivity contribution in [3.8, 4) is 5.69 Å². The monoisotopic (exact) mass is 398 g/mol. The fraction of sp³-hybridized carbons (Fsp3) is 0.350. The lowest BCUT2D eigenvalue weighted by atomic mass is 10.1. The Balaban J connectivity index is 1.43. The quantitative estimate of drug-likeness (QED) is 0.631. The van der Waals surface area contributed by atoms with Crippen LogP contribution in [0.2, 0.25) is 0 Å². The third-order valence-corrected chi connectivity index (χ3v) is 5.73. The first-order valence-corrected chi connectivity index (χ1v) is 9.76. The Kier molecular flexibility index (Phi) is 5.23. The van der Waals surface area contributed by atoms with E-state index in [-0.39, 0.29) is 5.82 Å². The van der Waals surface area contributed by atoms with Gasteiger partial charge in [-0.25, -0.2) is 9.07 Å². The van der Waals surface area contributed by atoms with Crippen LogP contribution in [-0.2, 0) is 6.67 Å². The first-order chi connectivity index (χ1) is 13.5. The number of nitrogens with zero attached hydrogens (tertiary/aromatic N) is 6. The molecule has 0 unspecified atom stereocenters. The van der Waals surface area contributed by atoms with Crippen LogP contribution in [0.1, 0.15) is 11.1 Å². The van der Waals surface area contributed by atoms with Crippen molar-refractivity contribution < 1.29 is 4.39 Å². The van der Waals surface area contributed by atoms with Crippen molar-refractivity contribution in [1.29, 1.82) is 0 Å². The van der Waals surface area contributed by atoms with Gasteiger partial charge in [0.2, 0.25) is 4.77 Å². The second-order valence-corrected chi connectivity index (χ2v) is 7.48. The average molecular weight is 399 g/mol. The van der Waals surface area contributed by atoms with E-state index in [0.29, 0.717) is 11.4 Å². The molecule has 0 bridgehead atoms. The lowest BCUT2D eigenvalue weighted by Crippen LogP contribution is -2.47. The van der Waals surface area contributed by atoms with Crippen molar-refractivity contribution in [2.45, 2.75) is 20.5 Å². The number of aryl methyl sites for hydroxylation is 1. The molecule has 1 saturated heterocycles. The molecule has 1 aliphatic heterocycles. The molecule has 0 aliphatic carbocycles. The highest BCUT2D eigenvalue weighted by atomic mass is 32.1. The van der Waals surface area contributed by atoms with Crippen molar-refractivity contribution in [2.24, 2.45) is 0 Å².